The van der Waals surface area contributed by atoms with Gasteiger partial charge < -0.3 is 5.32 Å². The number of rotatable bonds is 4. The molecule has 2 rings (SSSR count). The maximum atomic E-state index is 11.0. The molecule has 0 unspecified atom stereocenters. The van der Waals surface area contributed by atoms with Crippen LogP contribution < -0.4 is 5.32 Å². The van der Waals surface area contributed by atoms with E-state index in [9.17, 15) is 10.1 Å². The van der Waals surface area contributed by atoms with Gasteiger partial charge in [0, 0.05) is 23.2 Å². The van der Waals surface area contributed by atoms with Gasteiger partial charge in [0.25, 0.3) is 5.69 Å². The maximum Gasteiger partial charge on any atom is 0.275 e. The smallest absolute Gasteiger partial charge is 0.275 e. The van der Waals surface area contributed by atoms with Crippen LogP contribution in [0.15, 0.2) is 30.3 Å². The largest absolute Gasteiger partial charge is 0.379 e. The maximum absolute atomic E-state index is 11.0. The van der Waals surface area contributed by atoms with Gasteiger partial charge >= 0.3 is 0 Å². The first-order valence-corrected chi connectivity index (χ1v) is 7.21. The Balaban J connectivity index is 2.25. The van der Waals surface area contributed by atoms with Crippen LogP contribution in [-0.4, -0.2) is 4.92 Å². The van der Waals surface area contributed by atoms with Crippen LogP contribution in [0.25, 0.3) is 0 Å². The van der Waals surface area contributed by atoms with Crippen molar-refractivity contribution in [2.24, 2.45) is 0 Å². The van der Waals surface area contributed by atoms with Crippen LogP contribution in [0.3, 0.4) is 0 Å². The van der Waals surface area contributed by atoms with Crippen LogP contribution in [0.5, 0.6) is 0 Å². The van der Waals surface area contributed by atoms with E-state index in [1.807, 2.05) is 0 Å². The van der Waals surface area contributed by atoms with Crippen LogP contribution in [0.4, 0.5) is 11.4 Å². The van der Waals surface area contributed by atoms with Gasteiger partial charge in [0.15, 0.2) is 0 Å². The fourth-order valence-corrected chi connectivity index (χ4v) is 2.48. The molecule has 0 aliphatic carbocycles. The molecule has 2 aromatic carbocycles. The summed E-state index contributed by atoms with van der Waals surface area (Å²) < 4.78 is 0. The molecule has 0 saturated heterocycles. The number of nitrogens with one attached hydrogen (secondary N) is 1. The molecule has 0 radical (unpaired) electrons. The summed E-state index contributed by atoms with van der Waals surface area (Å²) in [5, 5.41) is 15.4. The topological polar surface area (TPSA) is 55.2 Å². The van der Waals surface area contributed by atoms with Crippen LogP contribution in [-0.2, 0) is 6.54 Å². The summed E-state index contributed by atoms with van der Waals surface area (Å²) in [5.41, 5.74) is 0.952. The Morgan fingerprint density at radius 3 is 2.33 bits per heavy atom. The summed E-state index contributed by atoms with van der Waals surface area (Å²) >= 11 is 23.6. The van der Waals surface area contributed by atoms with Crippen molar-refractivity contribution in [3.63, 3.8) is 0 Å². The van der Waals surface area contributed by atoms with Gasteiger partial charge in [-0.1, -0.05) is 46.4 Å². The third kappa shape index (κ3) is 3.92. The van der Waals surface area contributed by atoms with Crippen molar-refractivity contribution in [2.75, 3.05) is 5.32 Å². The lowest BCUT2D eigenvalue weighted by Gasteiger charge is -2.10. The summed E-state index contributed by atoms with van der Waals surface area (Å²) in [6.45, 7) is 0.200. The van der Waals surface area contributed by atoms with Gasteiger partial charge in [-0.3, -0.25) is 10.1 Å². The lowest BCUT2D eigenvalue weighted by molar-refractivity contribution is -0.385. The number of nitro benzene ring substituents is 1. The van der Waals surface area contributed by atoms with E-state index in [2.05, 4.69) is 5.32 Å². The second kappa shape index (κ2) is 6.71. The Morgan fingerprint density at radius 2 is 1.67 bits per heavy atom. The van der Waals surface area contributed by atoms with E-state index in [-0.39, 0.29) is 12.2 Å². The third-order valence-corrected chi connectivity index (χ3v) is 3.99. The van der Waals surface area contributed by atoms with E-state index < -0.39 is 4.92 Å². The highest BCUT2D eigenvalue weighted by atomic mass is 35.5. The van der Waals surface area contributed by atoms with Crippen LogP contribution in [0, 0.1) is 10.1 Å². The molecular weight excluding hydrogens is 358 g/mol. The zero-order valence-electron chi connectivity index (χ0n) is 10.4. The molecule has 0 heterocycles. The Labute approximate surface area is 140 Å². The first-order valence-electron chi connectivity index (χ1n) is 5.69. The van der Waals surface area contributed by atoms with Crippen LogP contribution >= 0.6 is 46.4 Å². The molecular formula is C13H8Cl4N2O2. The van der Waals surface area contributed by atoms with Crippen molar-refractivity contribution in [1.29, 1.82) is 0 Å². The van der Waals surface area contributed by atoms with Gasteiger partial charge in [-0.25, -0.2) is 0 Å². The van der Waals surface area contributed by atoms with Crippen LogP contribution in [0.1, 0.15) is 5.56 Å². The number of nitrogens with zero attached hydrogens (tertiary/aromatic N) is 1. The second-order valence-electron chi connectivity index (χ2n) is 4.13. The van der Waals surface area contributed by atoms with Gasteiger partial charge in [0.2, 0.25) is 0 Å². The summed E-state index contributed by atoms with van der Waals surface area (Å²) in [4.78, 5) is 10.5. The molecule has 4 nitrogen and oxygen atoms in total. The highest BCUT2D eigenvalue weighted by Gasteiger charge is 2.14. The van der Waals surface area contributed by atoms with Crippen molar-refractivity contribution in [2.45, 2.75) is 6.54 Å². The molecule has 110 valence electrons. The second-order valence-corrected chi connectivity index (χ2v) is 5.79. The minimum atomic E-state index is -0.487. The highest BCUT2D eigenvalue weighted by Crippen LogP contribution is 2.33. The first kappa shape index (κ1) is 16.2. The lowest BCUT2D eigenvalue weighted by atomic mass is 10.1. The summed E-state index contributed by atoms with van der Waals surface area (Å²) in [6, 6.07) is 7.54. The molecule has 0 saturated carbocycles. The molecule has 0 spiro atoms. The van der Waals surface area contributed by atoms with Crippen molar-refractivity contribution >= 4 is 57.8 Å². The molecule has 1 N–H and O–H groups in total. The van der Waals surface area contributed by atoms with Gasteiger partial charge in [-0.05, 0) is 24.3 Å². The lowest BCUT2D eigenvalue weighted by Crippen LogP contribution is -2.03. The van der Waals surface area contributed by atoms with Crippen molar-refractivity contribution in [3.8, 4) is 0 Å². The van der Waals surface area contributed by atoms with Gasteiger partial charge in [-0.15, -0.1) is 0 Å². The molecule has 0 fully saturated rings. The van der Waals surface area contributed by atoms with E-state index in [1.54, 1.807) is 18.2 Å². The number of benzene rings is 2. The van der Waals surface area contributed by atoms with E-state index in [0.29, 0.717) is 31.3 Å². The minimum absolute atomic E-state index is 0.0637. The molecule has 0 atom stereocenters. The monoisotopic (exact) mass is 364 g/mol. The Bertz CT molecular complexity index is 707. The third-order valence-electron chi connectivity index (χ3n) is 2.72. The van der Waals surface area contributed by atoms with E-state index in [0.717, 1.165) is 0 Å². The summed E-state index contributed by atoms with van der Waals surface area (Å²) in [5.74, 6) is 0. The molecule has 0 aromatic heterocycles. The van der Waals surface area contributed by atoms with E-state index in [4.69, 9.17) is 46.4 Å². The SMILES string of the molecule is O=[N+]([O-])c1cc(Cl)ccc1CNc1cc(Cl)c(Cl)cc1Cl. The Morgan fingerprint density at radius 1 is 1.00 bits per heavy atom. The number of hydrogen-bond acceptors (Lipinski definition) is 3. The average molecular weight is 366 g/mol. The number of nitro groups is 1. The number of hydrogen-bond donors (Lipinski definition) is 1. The van der Waals surface area contributed by atoms with E-state index in [1.165, 1.54) is 12.1 Å². The summed E-state index contributed by atoms with van der Waals surface area (Å²) in [6.07, 6.45) is 0. The van der Waals surface area contributed by atoms with Crippen molar-refractivity contribution < 1.29 is 4.92 Å². The standard InChI is InChI=1S/C13H8Cl4N2O2/c14-8-2-1-7(13(3-8)19(20)21)6-18-12-5-10(16)9(15)4-11(12)17/h1-5,18H,6H2. The molecule has 2 aromatic rings. The highest BCUT2D eigenvalue weighted by molar-refractivity contribution is 6.44. The molecule has 8 heteroatoms. The molecule has 0 amide bonds. The Hall–Kier alpha value is -1.20. The molecule has 0 aliphatic rings. The normalized spacial score (nSPS) is 10.5. The fraction of sp³-hybridized carbons (Fsp3) is 0.0769. The minimum Gasteiger partial charge on any atom is -0.379 e. The average Bonchev–Trinajstić information content (AvgIpc) is 2.42. The molecule has 0 aliphatic heterocycles. The Kier molecular flexibility index (Phi) is 5.17. The van der Waals surface area contributed by atoms with Crippen LogP contribution in [0.2, 0.25) is 20.1 Å². The zero-order valence-corrected chi connectivity index (χ0v) is 13.4. The number of anilines is 1. The fourth-order valence-electron chi connectivity index (χ4n) is 1.70. The van der Waals surface area contributed by atoms with Gasteiger partial charge in [0.05, 0.1) is 25.7 Å². The predicted octanol–water partition coefficient (Wildman–Crippen LogP) is 5.82. The molecule has 0 bridgehead atoms. The van der Waals surface area contributed by atoms with Gasteiger partial charge in [-0.2, -0.15) is 0 Å². The predicted molar refractivity (Wildman–Crippen MR) is 86.9 cm³/mol. The van der Waals surface area contributed by atoms with Crippen molar-refractivity contribution in [1.82, 2.24) is 0 Å². The molecule has 21 heavy (non-hydrogen) atoms. The van der Waals surface area contributed by atoms with Gasteiger partial charge in [0.1, 0.15) is 0 Å². The van der Waals surface area contributed by atoms with E-state index >= 15 is 0 Å². The quantitative estimate of drug-likeness (QED) is 0.421. The van der Waals surface area contributed by atoms with Crippen molar-refractivity contribution in [3.05, 3.63) is 66.1 Å². The summed E-state index contributed by atoms with van der Waals surface area (Å²) in [7, 11) is 0. The zero-order chi connectivity index (χ0) is 15.6. The first-order chi connectivity index (χ1) is 9.88. The number of halogens is 4.